The zero-order chi connectivity index (χ0) is 15.6. The van der Waals surface area contributed by atoms with Crippen molar-refractivity contribution in [3.05, 3.63) is 35.2 Å². The smallest absolute Gasteiger partial charge is 0.152 e. The highest BCUT2D eigenvalue weighted by Crippen LogP contribution is 2.27. The number of nitrogens with one attached hydrogen (secondary N) is 1. The maximum Gasteiger partial charge on any atom is 0.152 e. The highest BCUT2D eigenvalue weighted by molar-refractivity contribution is 7.17. The Bertz CT molecular complexity index is 621. The van der Waals surface area contributed by atoms with Gasteiger partial charge in [0, 0.05) is 16.2 Å². The summed E-state index contributed by atoms with van der Waals surface area (Å²) < 4.78 is 1.29. The number of fused-ring (bicyclic) bond motifs is 1. The van der Waals surface area contributed by atoms with Gasteiger partial charge in [-0.1, -0.05) is 32.0 Å². The van der Waals surface area contributed by atoms with Crippen molar-refractivity contribution >= 4 is 27.2 Å². The van der Waals surface area contributed by atoms with Gasteiger partial charge in [0.25, 0.3) is 0 Å². The first-order chi connectivity index (χ1) is 9.78. The van der Waals surface area contributed by atoms with Gasteiger partial charge in [-0.25, -0.2) is 0 Å². The average molecular weight is 303 g/mol. The zero-order valence-electron chi connectivity index (χ0n) is 13.6. The third kappa shape index (κ3) is 4.14. The minimum absolute atomic E-state index is 0.0507. The molecule has 0 saturated heterocycles. The third-order valence-electron chi connectivity index (χ3n) is 3.50. The van der Waals surface area contributed by atoms with Gasteiger partial charge in [0.1, 0.15) is 0 Å². The fourth-order valence-electron chi connectivity index (χ4n) is 2.56. The Balaban J connectivity index is 2.28. The van der Waals surface area contributed by atoms with E-state index in [0.717, 1.165) is 6.42 Å². The minimum atomic E-state index is -0.122. The molecule has 1 N–H and O–H groups in total. The predicted molar refractivity (Wildman–Crippen MR) is 92.1 cm³/mol. The molecule has 0 fully saturated rings. The molecule has 0 amide bonds. The van der Waals surface area contributed by atoms with E-state index in [0.29, 0.717) is 5.78 Å². The Morgan fingerprint density at radius 1 is 1.24 bits per heavy atom. The van der Waals surface area contributed by atoms with E-state index in [-0.39, 0.29) is 17.5 Å². The van der Waals surface area contributed by atoms with E-state index in [4.69, 9.17) is 0 Å². The van der Waals surface area contributed by atoms with Gasteiger partial charge >= 0.3 is 0 Å². The van der Waals surface area contributed by atoms with Crippen LogP contribution in [0.2, 0.25) is 0 Å². The molecule has 2 aromatic rings. The van der Waals surface area contributed by atoms with E-state index in [9.17, 15) is 4.79 Å². The molecule has 0 aliphatic heterocycles. The summed E-state index contributed by atoms with van der Waals surface area (Å²) in [6, 6.07) is 8.29. The van der Waals surface area contributed by atoms with Crippen LogP contribution in [-0.4, -0.2) is 17.4 Å². The van der Waals surface area contributed by atoms with Crippen LogP contribution in [0, 0.1) is 5.92 Å². The van der Waals surface area contributed by atoms with Crippen LogP contribution in [0.15, 0.2) is 29.6 Å². The SMILES string of the molecule is CC(C)C(=O)[C@@H](Cc1csc2ccccc12)NC(C)(C)C. The van der Waals surface area contributed by atoms with Crippen molar-refractivity contribution in [2.24, 2.45) is 5.92 Å². The van der Waals surface area contributed by atoms with Crippen molar-refractivity contribution in [3.8, 4) is 0 Å². The lowest BCUT2D eigenvalue weighted by Crippen LogP contribution is -2.50. The zero-order valence-corrected chi connectivity index (χ0v) is 14.4. The number of rotatable bonds is 5. The molecule has 1 aromatic carbocycles. The molecule has 0 radical (unpaired) electrons. The number of Topliss-reactive ketones (excluding diaryl/α,β-unsaturated/α-hetero) is 1. The van der Waals surface area contributed by atoms with Gasteiger partial charge in [-0.3, -0.25) is 4.79 Å². The summed E-state index contributed by atoms with van der Waals surface area (Å²) in [4.78, 5) is 12.5. The maximum atomic E-state index is 12.5. The van der Waals surface area contributed by atoms with Crippen LogP contribution in [0.3, 0.4) is 0 Å². The predicted octanol–water partition coefficient (Wildman–Crippen LogP) is 4.43. The topological polar surface area (TPSA) is 29.1 Å². The minimum Gasteiger partial charge on any atom is -0.302 e. The molecular formula is C18H25NOS. The molecule has 1 atom stereocenters. The fourth-order valence-corrected chi connectivity index (χ4v) is 3.53. The molecule has 0 spiro atoms. The number of benzene rings is 1. The van der Waals surface area contributed by atoms with Gasteiger partial charge in [-0.2, -0.15) is 0 Å². The molecule has 2 nitrogen and oxygen atoms in total. The van der Waals surface area contributed by atoms with Gasteiger partial charge in [0.15, 0.2) is 5.78 Å². The maximum absolute atomic E-state index is 12.5. The normalized spacial score (nSPS) is 13.8. The lowest BCUT2D eigenvalue weighted by atomic mass is 9.93. The molecule has 21 heavy (non-hydrogen) atoms. The van der Waals surface area contributed by atoms with Crippen molar-refractivity contribution in [1.29, 1.82) is 0 Å². The molecule has 0 bridgehead atoms. The average Bonchev–Trinajstić information content (AvgIpc) is 2.79. The highest BCUT2D eigenvalue weighted by atomic mass is 32.1. The van der Waals surface area contributed by atoms with Gasteiger partial charge in [-0.05, 0) is 49.6 Å². The molecule has 114 valence electrons. The van der Waals surface area contributed by atoms with E-state index in [1.165, 1.54) is 15.6 Å². The van der Waals surface area contributed by atoms with Crippen LogP contribution in [-0.2, 0) is 11.2 Å². The summed E-state index contributed by atoms with van der Waals surface area (Å²) in [6.07, 6.45) is 0.762. The van der Waals surface area contributed by atoms with Crippen molar-refractivity contribution in [3.63, 3.8) is 0 Å². The number of hydrogen-bond acceptors (Lipinski definition) is 3. The van der Waals surface area contributed by atoms with Gasteiger partial charge in [0.2, 0.25) is 0 Å². The summed E-state index contributed by atoms with van der Waals surface area (Å²) in [7, 11) is 0. The molecule has 0 aliphatic rings. The molecule has 3 heteroatoms. The Hall–Kier alpha value is -1.19. The Morgan fingerprint density at radius 2 is 1.90 bits per heavy atom. The number of carbonyl (C=O) groups excluding carboxylic acids is 1. The standard InChI is InChI=1S/C18H25NOS/c1-12(2)17(20)15(19-18(3,4)5)10-13-11-21-16-9-7-6-8-14(13)16/h6-9,11-12,15,19H,10H2,1-5H3/t15-/m1/s1. The lowest BCUT2D eigenvalue weighted by Gasteiger charge is -2.28. The fraction of sp³-hybridized carbons (Fsp3) is 0.500. The summed E-state index contributed by atoms with van der Waals surface area (Å²) in [5.74, 6) is 0.343. The van der Waals surface area contributed by atoms with E-state index in [1.807, 2.05) is 13.8 Å². The highest BCUT2D eigenvalue weighted by Gasteiger charge is 2.26. The van der Waals surface area contributed by atoms with E-state index in [1.54, 1.807) is 11.3 Å². The summed E-state index contributed by atoms with van der Waals surface area (Å²) in [5.41, 5.74) is 1.20. The molecular weight excluding hydrogens is 278 g/mol. The van der Waals surface area contributed by atoms with Crippen molar-refractivity contribution < 1.29 is 4.79 Å². The van der Waals surface area contributed by atoms with Crippen molar-refractivity contribution in [1.82, 2.24) is 5.32 Å². The van der Waals surface area contributed by atoms with Crippen LogP contribution < -0.4 is 5.32 Å². The largest absolute Gasteiger partial charge is 0.302 e. The second kappa shape index (κ2) is 6.29. The van der Waals surface area contributed by atoms with Crippen molar-refractivity contribution in [2.75, 3.05) is 0 Å². The van der Waals surface area contributed by atoms with Crippen molar-refractivity contribution in [2.45, 2.75) is 52.6 Å². The summed E-state index contributed by atoms with van der Waals surface area (Å²) in [6.45, 7) is 10.3. The number of thiophene rings is 1. The van der Waals surface area contributed by atoms with Crippen LogP contribution in [0.25, 0.3) is 10.1 Å². The summed E-state index contributed by atoms with van der Waals surface area (Å²) >= 11 is 1.75. The first-order valence-electron chi connectivity index (χ1n) is 7.54. The number of carbonyl (C=O) groups is 1. The van der Waals surface area contributed by atoms with Gasteiger partial charge < -0.3 is 5.32 Å². The molecule has 0 unspecified atom stereocenters. The Morgan fingerprint density at radius 3 is 2.52 bits per heavy atom. The van der Waals surface area contributed by atoms with E-state index in [2.05, 4.69) is 55.7 Å². The molecule has 0 aliphatic carbocycles. The second-order valence-electron chi connectivity index (χ2n) is 6.97. The summed E-state index contributed by atoms with van der Waals surface area (Å²) in [5, 5.41) is 6.96. The van der Waals surface area contributed by atoms with Gasteiger partial charge in [-0.15, -0.1) is 11.3 Å². The molecule has 1 aromatic heterocycles. The Labute approximate surface area is 131 Å². The lowest BCUT2D eigenvalue weighted by molar-refractivity contribution is -0.124. The van der Waals surface area contributed by atoms with E-state index < -0.39 is 0 Å². The van der Waals surface area contributed by atoms with E-state index >= 15 is 0 Å². The molecule has 0 saturated carbocycles. The van der Waals surface area contributed by atoms with Crippen LogP contribution in [0.1, 0.15) is 40.2 Å². The molecule has 1 heterocycles. The van der Waals surface area contributed by atoms with Crippen LogP contribution >= 0.6 is 11.3 Å². The third-order valence-corrected chi connectivity index (χ3v) is 4.52. The van der Waals surface area contributed by atoms with Crippen LogP contribution in [0.5, 0.6) is 0 Å². The number of ketones is 1. The monoisotopic (exact) mass is 303 g/mol. The van der Waals surface area contributed by atoms with Gasteiger partial charge in [0.05, 0.1) is 6.04 Å². The number of hydrogen-bond donors (Lipinski definition) is 1. The Kier molecular flexibility index (Phi) is 4.84. The second-order valence-corrected chi connectivity index (χ2v) is 7.88. The first-order valence-corrected chi connectivity index (χ1v) is 8.42. The van der Waals surface area contributed by atoms with Crippen LogP contribution in [0.4, 0.5) is 0 Å². The molecule has 2 rings (SSSR count). The quantitative estimate of drug-likeness (QED) is 0.885. The first kappa shape index (κ1) is 16.2.